The lowest BCUT2D eigenvalue weighted by atomic mass is 10.1. The lowest BCUT2D eigenvalue weighted by molar-refractivity contribution is 0.833. The molecule has 1 aromatic rings. The van der Waals surface area contributed by atoms with Gasteiger partial charge in [0.1, 0.15) is 0 Å². The molecule has 0 aliphatic carbocycles. The molecule has 0 atom stereocenters. The summed E-state index contributed by atoms with van der Waals surface area (Å²) in [6.45, 7) is 0.709. The number of aryl methyl sites for hydroxylation is 1. The molecule has 74 valence electrons. The Bertz CT molecular complexity index is 263. The summed E-state index contributed by atoms with van der Waals surface area (Å²) in [4.78, 5) is 0. The molecular weight excluding hydrogens is 228 g/mol. The molecule has 2 N–H and O–H groups in total. The SMILES string of the molecule is Cl.NCCCc1ccc(Cl)c(Cl)c1. The Kier molecular flexibility index (Phi) is 6.52. The molecule has 0 saturated heterocycles. The molecule has 0 aliphatic heterocycles. The molecule has 0 aliphatic rings. The predicted octanol–water partition coefficient (Wildman–Crippen LogP) is 3.31. The molecule has 0 unspecified atom stereocenters. The Morgan fingerprint density at radius 2 is 1.85 bits per heavy atom. The summed E-state index contributed by atoms with van der Waals surface area (Å²) in [5.74, 6) is 0. The summed E-state index contributed by atoms with van der Waals surface area (Å²) in [6, 6.07) is 5.68. The van der Waals surface area contributed by atoms with E-state index in [9.17, 15) is 0 Å². The first-order chi connectivity index (χ1) is 5.74. The van der Waals surface area contributed by atoms with E-state index in [2.05, 4.69) is 0 Å². The summed E-state index contributed by atoms with van der Waals surface area (Å²) >= 11 is 11.6. The number of hydrogen-bond acceptors (Lipinski definition) is 1. The van der Waals surface area contributed by atoms with Crippen LogP contribution in [0.3, 0.4) is 0 Å². The summed E-state index contributed by atoms with van der Waals surface area (Å²) in [5.41, 5.74) is 6.57. The van der Waals surface area contributed by atoms with Crippen LogP contribution in [0.5, 0.6) is 0 Å². The van der Waals surface area contributed by atoms with Crippen molar-refractivity contribution in [3.05, 3.63) is 33.8 Å². The number of halogens is 3. The highest BCUT2D eigenvalue weighted by Gasteiger charge is 1.98. The lowest BCUT2D eigenvalue weighted by Crippen LogP contribution is -2.00. The van der Waals surface area contributed by atoms with Gasteiger partial charge < -0.3 is 5.73 Å². The maximum absolute atomic E-state index is 5.83. The van der Waals surface area contributed by atoms with Gasteiger partial charge in [0.25, 0.3) is 0 Å². The van der Waals surface area contributed by atoms with Crippen LogP contribution in [0.15, 0.2) is 18.2 Å². The van der Waals surface area contributed by atoms with Crippen molar-refractivity contribution in [1.29, 1.82) is 0 Å². The minimum atomic E-state index is 0. The largest absolute Gasteiger partial charge is 0.330 e. The molecule has 0 radical (unpaired) electrons. The number of benzene rings is 1. The molecule has 4 heteroatoms. The molecule has 0 aromatic heterocycles. The van der Waals surface area contributed by atoms with Crippen LogP contribution in [0.4, 0.5) is 0 Å². The van der Waals surface area contributed by atoms with Crippen LogP contribution in [-0.4, -0.2) is 6.54 Å². The fourth-order valence-electron chi connectivity index (χ4n) is 1.00. The average molecular weight is 241 g/mol. The van der Waals surface area contributed by atoms with Crippen molar-refractivity contribution < 1.29 is 0 Å². The highest BCUT2D eigenvalue weighted by atomic mass is 35.5. The topological polar surface area (TPSA) is 26.0 Å². The first-order valence-corrected chi connectivity index (χ1v) is 4.63. The summed E-state index contributed by atoms with van der Waals surface area (Å²) < 4.78 is 0. The first-order valence-electron chi connectivity index (χ1n) is 3.88. The van der Waals surface area contributed by atoms with Gasteiger partial charge in [-0.15, -0.1) is 12.4 Å². The van der Waals surface area contributed by atoms with Crippen molar-refractivity contribution in [2.75, 3.05) is 6.54 Å². The fourth-order valence-corrected chi connectivity index (χ4v) is 1.32. The minimum absolute atomic E-state index is 0. The van der Waals surface area contributed by atoms with Crippen molar-refractivity contribution in [3.8, 4) is 0 Å². The van der Waals surface area contributed by atoms with Crippen molar-refractivity contribution in [3.63, 3.8) is 0 Å². The Hall–Kier alpha value is 0.0500. The Balaban J connectivity index is 0.00000144. The van der Waals surface area contributed by atoms with E-state index in [0.29, 0.717) is 16.6 Å². The van der Waals surface area contributed by atoms with Gasteiger partial charge in [-0.2, -0.15) is 0 Å². The van der Waals surface area contributed by atoms with Gasteiger partial charge in [-0.3, -0.25) is 0 Å². The van der Waals surface area contributed by atoms with Crippen LogP contribution in [0.25, 0.3) is 0 Å². The Labute approximate surface area is 94.6 Å². The van der Waals surface area contributed by atoms with E-state index in [1.807, 2.05) is 18.2 Å². The van der Waals surface area contributed by atoms with Gasteiger partial charge >= 0.3 is 0 Å². The van der Waals surface area contributed by atoms with Gasteiger partial charge in [-0.1, -0.05) is 29.3 Å². The summed E-state index contributed by atoms with van der Waals surface area (Å²) in [6.07, 6.45) is 1.95. The van der Waals surface area contributed by atoms with E-state index in [0.717, 1.165) is 12.8 Å². The van der Waals surface area contributed by atoms with Gasteiger partial charge in [-0.05, 0) is 37.1 Å². The molecule has 0 fully saturated rings. The van der Waals surface area contributed by atoms with Crippen LogP contribution < -0.4 is 5.73 Å². The Morgan fingerprint density at radius 1 is 1.15 bits per heavy atom. The molecule has 0 saturated carbocycles. The molecule has 0 heterocycles. The van der Waals surface area contributed by atoms with E-state index in [4.69, 9.17) is 28.9 Å². The predicted molar refractivity (Wildman–Crippen MR) is 61.1 cm³/mol. The molecule has 1 rings (SSSR count). The highest BCUT2D eigenvalue weighted by molar-refractivity contribution is 6.42. The van der Waals surface area contributed by atoms with Crippen LogP contribution in [0, 0.1) is 0 Å². The zero-order chi connectivity index (χ0) is 8.97. The molecular formula is C9H12Cl3N. The standard InChI is InChI=1S/C9H11Cl2N.ClH/c10-8-4-3-7(2-1-5-12)6-9(8)11;/h3-4,6H,1-2,5,12H2;1H. The lowest BCUT2D eigenvalue weighted by Gasteiger charge is -2.01. The number of nitrogens with two attached hydrogens (primary N) is 1. The fraction of sp³-hybridized carbons (Fsp3) is 0.333. The number of rotatable bonds is 3. The van der Waals surface area contributed by atoms with Gasteiger partial charge in [-0.25, -0.2) is 0 Å². The van der Waals surface area contributed by atoms with Gasteiger partial charge in [0.15, 0.2) is 0 Å². The van der Waals surface area contributed by atoms with Gasteiger partial charge in [0.2, 0.25) is 0 Å². The van der Waals surface area contributed by atoms with Crippen molar-refractivity contribution in [2.45, 2.75) is 12.8 Å². The van der Waals surface area contributed by atoms with E-state index < -0.39 is 0 Å². The summed E-state index contributed by atoms with van der Waals surface area (Å²) in [7, 11) is 0. The number of hydrogen-bond donors (Lipinski definition) is 1. The molecule has 0 amide bonds. The maximum atomic E-state index is 5.83. The maximum Gasteiger partial charge on any atom is 0.0595 e. The Morgan fingerprint density at radius 3 is 2.38 bits per heavy atom. The van der Waals surface area contributed by atoms with E-state index in [-0.39, 0.29) is 12.4 Å². The van der Waals surface area contributed by atoms with Crippen molar-refractivity contribution in [2.24, 2.45) is 5.73 Å². The van der Waals surface area contributed by atoms with E-state index >= 15 is 0 Å². The zero-order valence-electron chi connectivity index (χ0n) is 7.09. The molecule has 0 bridgehead atoms. The quantitative estimate of drug-likeness (QED) is 0.862. The van der Waals surface area contributed by atoms with Crippen LogP contribution in [0.1, 0.15) is 12.0 Å². The summed E-state index contributed by atoms with van der Waals surface area (Å²) in [5, 5.41) is 1.22. The molecule has 1 nitrogen and oxygen atoms in total. The average Bonchev–Trinajstić information content (AvgIpc) is 2.07. The van der Waals surface area contributed by atoms with Crippen LogP contribution >= 0.6 is 35.6 Å². The molecule has 1 aromatic carbocycles. The highest BCUT2D eigenvalue weighted by Crippen LogP contribution is 2.22. The van der Waals surface area contributed by atoms with E-state index in [1.54, 1.807) is 0 Å². The van der Waals surface area contributed by atoms with Crippen LogP contribution in [-0.2, 0) is 6.42 Å². The van der Waals surface area contributed by atoms with Gasteiger partial charge in [0.05, 0.1) is 10.0 Å². The monoisotopic (exact) mass is 239 g/mol. The third-order valence-electron chi connectivity index (χ3n) is 1.65. The van der Waals surface area contributed by atoms with E-state index in [1.165, 1.54) is 5.56 Å². The molecule has 13 heavy (non-hydrogen) atoms. The second-order valence-electron chi connectivity index (χ2n) is 2.64. The van der Waals surface area contributed by atoms with Crippen molar-refractivity contribution in [1.82, 2.24) is 0 Å². The normalized spacial score (nSPS) is 9.46. The first kappa shape index (κ1) is 13.1. The van der Waals surface area contributed by atoms with Crippen LogP contribution in [0.2, 0.25) is 10.0 Å². The van der Waals surface area contributed by atoms with Crippen molar-refractivity contribution >= 4 is 35.6 Å². The third kappa shape index (κ3) is 4.19. The molecule has 0 spiro atoms. The minimum Gasteiger partial charge on any atom is -0.330 e. The zero-order valence-corrected chi connectivity index (χ0v) is 9.42. The second kappa shape index (κ2) is 6.50. The smallest absolute Gasteiger partial charge is 0.0595 e. The second-order valence-corrected chi connectivity index (χ2v) is 3.46. The van der Waals surface area contributed by atoms with Gasteiger partial charge in [0, 0.05) is 0 Å². The third-order valence-corrected chi connectivity index (χ3v) is 2.39.